The van der Waals surface area contributed by atoms with Gasteiger partial charge in [0.05, 0.1) is 9.79 Å². The highest BCUT2D eigenvalue weighted by molar-refractivity contribution is 7.89. The predicted molar refractivity (Wildman–Crippen MR) is 99.7 cm³/mol. The third-order valence-corrected chi connectivity index (χ3v) is 8.44. The van der Waals surface area contributed by atoms with Crippen LogP contribution >= 0.6 is 0 Å². The molecule has 0 bridgehead atoms. The van der Waals surface area contributed by atoms with Gasteiger partial charge in [0.1, 0.15) is 5.82 Å². The van der Waals surface area contributed by atoms with E-state index in [1.54, 1.807) is 24.3 Å². The lowest BCUT2D eigenvalue weighted by atomic mass is 10.2. The summed E-state index contributed by atoms with van der Waals surface area (Å²) in [4.78, 5) is 0.199. The zero-order chi connectivity index (χ0) is 19.7. The first-order chi connectivity index (χ1) is 12.7. The van der Waals surface area contributed by atoms with E-state index in [1.807, 2.05) is 6.92 Å². The first kappa shape index (κ1) is 19.9. The molecule has 27 heavy (non-hydrogen) atoms. The van der Waals surface area contributed by atoms with Gasteiger partial charge < -0.3 is 0 Å². The zero-order valence-corrected chi connectivity index (χ0v) is 16.5. The van der Waals surface area contributed by atoms with Crippen LogP contribution < -0.4 is 0 Å². The zero-order valence-electron chi connectivity index (χ0n) is 14.9. The Kier molecular flexibility index (Phi) is 5.66. The molecule has 1 fully saturated rings. The molecule has 146 valence electrons. The molecule has 0 amide bonds. The Morgan fingerprint density at radius 2 is 1.11 bits per heavy atom. The van der Waals surface area contributed by atoms with Gasteiger partial charge in [0.2, 0.25) is 20.0 Å². The van der Waals surface area contributed by atoms with E-state index in [-0.39, 0.29) is 36.0 Å². The van der Waals surface area contributed by atoms with Crippen molar-refractivity contribution in [2.75, 3.05) is 26.2 Å². The quantitative estimate of drug-likeness (QED) is 0.754. The Morgan fingerprint density at radius 3 is 1.48 bits per heavy atom. The van der Waals surface area contributed by atoms with Crippen LogP contribution in [0.1, 0.15) is 12.5 Å². The smallest absolute Gasteiger partial charge is 0.207 e. The highest BCUT2D eigenvalue weighted by Gasteiger charge is 2.33. The van der Waals surface area contributed by atoms with E-state index in [0.29, 0.717) is 0 Å². The van der Waals surface area contributed by atoms with Gasteiger partial charge in [-0.15, -0.1) is 0 Å². The number of aryl methyl sites for hydroxylation is 1. The number of piperazine rings is 1. The maximum Gasteiger partial charge on any atom is 0.243 e. The topological polar surface area (TPSA) is 74.8 Å². The maximum absolute atomic E-state index is 13.0. The minimum atomic E-state index is -3.78. The Labute approximate surface area is 159 Å². The molecular weight excluding hydrogens is 391 g/mol. The van der Waals surface area contributed by atoms with Crippen LogP contribution in [0.3, 0.4) is 0 Å². The van der Waals surface area contributed by atoms with E-state index in [1.165, 1.54) is 20.7 Å². The summed E-state index contributed by atoms with van der Waals surface area (Å²) in [5, 5.41) is 0. The number of rotatable bonds is 5. The summed E-state index contributed by atoms with van der Waals surface area (Å²) in [5.74, 6) is -0.515. The average molecular weight is 413 g/mol. The third-order valence-electron chi connectivity index (χ3n) is 4.62. The Hall–Kier alpha value is -1.81. The van der Waals surface area contributed by atoms with Crippen LogP contribution in [-0.2, 0) is 26.5 Å². The molecule has 0 saturated carbocycles. The van der Waals surface area contributed by atoms with Crippen LogP contribution in [0.5, 0.6) is 0 Å². The number of sulfonamides is 2. The standard InChI is InChI=1S/C18H21FN2O4S2/c1-2-15-3-7-17(8-4-15)26(22,23)20-11-13-21(14-12-20)27(24,25)18-9-5-16(19)6-10-18/h3-10H,2,11-14H2,1H3. The van der Waals surface area contributed by atoms with Crippen molar-refractivity contribution >= 4 is 20.0 Å². The number of nitrogens with zero attached hydrogens (tertiary/aromatic N) is 2. The summed E-state index contributed by atoms with van der Waals surface area (Å²) < 4.78 is 66.3. The molecule has 1 aliphatic rings. The molecule has 0 radical (unpaired) electrons. The maximum atomic E-state index is 13.0. The average Bonchev–Trinajstić information content (AvgIpc) is 2.68. The second-order valence-corrected chi connectivity index (χ2v) is 10.1. The van der Waals surface area contributed by atoms with Crippen LogP contribution in [0.15, 0.2) is 58.3 Å². The van der Waals surface area contributed by atoms with Gasteiger partial charge in [-0.3, -0.25) is 0 Å². The van der Waals surface area contributed by atoms with Gasteiger partial charge >= 0.3 is 0 Å². The van der Waals surface area contributed by atoms with Gasteiger partial charge in [0, 0.05) is 26.2 Å². The highest BCUT2D eigenvalue weighted by atomic mass is 32.2. The summed E-state index contributed by atoms with van der Waals surface area (Å²) in [6, 6.07) is 11.3. The van der Waals surface area contributed by atoms with E-state index in [0.717, 1.165) is 24.1 Å². The van der Waals surface area contributed by atoms with Crippen molar-refractivity contribution in [3.8, 4) is 0 Å². The van der Waals surface area contributed by atoms with Gasteiger partial charge in [0.15, 0.2) is 0 Å². The van der Waals surface area contributed by atoms with Crippen molar-refractivity contribution in [3.63, 3.8) is 0 Å². The Bertz CT molecular complexity index is 996. The molecule has 0 unspecified atom stereocenters. The highest BCUT2D eigenvalue weighted by Crippen LogP contribution is 2.22. The van der Waals surface area contributed by atoms with Crippen molar-refractivity contribution in [1.82, 2.24) is 8.61 Å². The van der Waals surface area contributed by atoms with E-state index in [2.05, 4.69) is 0 Å². The molecule has 9 heteroatoms. The molecule has 6 nitrogen and oxygen atoms in total. The Morgan fingerprint density at radius 1 is 0.741 bits per heavy atom. The van der Waals surface area contributed by atoms with Crippen LogP contribution in [0, 0.1) is 5.82 Å². The first-order valence-electron chi connectivity index (χ1n) is 8.60. The van der Waals surface area contributed by atoms with Crippen molar-refractivity contribution in [2.45, 2.75) is 23.1 Å². The molecule has 0 spiro atoms. The molecule has 0 aliphatic carbocycles. The van der Waals surface area contributed by atoms with Gasteiger partial charge in [-0.25, -0.2) is 21.2 Å². The molecule has 1 heterocycles. The molecule has 2 aromatic rings. The van der Waals surface area contributed by atoms with Gasteiger partial charge in [-0.1, -0.05) is 19.1 Å². The first-order valence-corrected chi connectivity index (χ1v) is 11.5. The van der Waals surface area contributed by atoms with Gasteiger partial charge in [-0.2, -0.15) is 8.61 Å². The molecule has 0 aromatic heterocycles. The van der Waals surface area contributed by atoms with Crippen molar-refractivity contribution < 1.29 is 21.2 Å². The number of hydrogen-bond acceptors (Lipinski definition) is 4. The second-order valence-electron chi connectivity index (χ2n) is 6.26. The predicted octanol–water partition coefficient (Wildman–Crippen LogP) is 2.08. The van der Waals surface area contributed by atoms with Crippen LogP contribution in [0.2, 0.25) is 0 Å². The molecule has 1 saturated heterocycles. The number of halogens is 1. The number of benzene rings is 2. The van der Waals surface area contributed by atoms with Crippen LogP contribution in [-0.4, -0.2) is 51.6 Å². The van der Waals surface area contributed by atoms with E-state index in [9.17, 15) is 21.2 Å². The molecule has 0 N–H and O–H groups in total. The van der Waals surface area contributed by atoms with Crippen LogP contribution in [0.4, 0.5) is 4.39 Å². The lowest BCUT2D eigenvalue weighted by molar-refractivity contribution is 0.273. The van der Waals surface area contributed by atoms with Gasteiger partial charge in [-0.05, 0) is 48.4 Å². The normalized spacial score (nSPS) is 17.1. The summed E-state index contributed by atoms with van der Waals surface area (Å²) in [7, 11) is -7.44. The second kappa shape index (κ2) is 7.67. The third kappa shape index (κ3) is 4.06. The molecule has 2 aromatic carbocycles. The summed E-state index contributed by atoms with van der Waals surface area (Å²) >= 11 is 0. The fourth-order valence-corrected chi connectivity index (χ4v) is 5.80. The lowest BCUT2D eigenvalue weighted by Gasteiger charge is -2.33. The van der Waals surface area contributed by atoms with E-state index >= 15 is 0 Å². The molecule has 1 aliphatic heterocycles. The lowest BCUT2D eigenvalue weighted by Crippen LogP contribution is -2.50. The van der Waals surface area contributed by atoms with Crippen molar-refractivity contribution in [3.05, 3.63) is 59.9 Å². The fourth-order valence-electron chi connectivity index (χ4n) is 2.95. The molecule has 3 rings (SSSR count). The fraction of sp³-hybridized carbons (Fsp3) is 0.333. The summed E-state index contributed by atoms with van der Waals surface area (Å²) in [6.45, 7) is 2.22. The SMILES string of the molecule is CCc1ccc(S(=O)(=O)N2CCN(S(=O)(=O)c3ccc(F)cc3)CC2)cc1. The summed E-state index contributed by atoms with van der Waals surface area (Å²) in [6.07, 6.45) is 0.820. The van der Waals surface area contributed by atoms with Crippen LogP contribution in [0.25, 0.3) is 0 Å². The van der Waals surface area contributed by atoms with Gasteiger partial charge in [0.25, 0.3) is 0 Å². The Balaban J connectivity index is 1.73. The number of hydrogen-bond donors (Lipinski definition) is 0. The minimum absolute atomic E-state index is 0.00429. The summed E-state index contributed by atoms with van der Waals surface area (Å²) in [5.41, 5.74) is 1.05. The largest absolute Gasteiger partial charge is 0.243 e. The van der Waals surface area contributed by atoms with E-state index in [4.69, 9.17) is 0 Å². The van der Waals surface area contributed by atoms with Crippen molar-refractivity contribution in [1.29, 1.82) is 0 Å². The van der Waals surface area contributed by atoms with E-state index < -0.39 is 25.9 Å². The minimum Gasteiger partial charge on any atom is -0.207 e. The molecule has 0 atom stereocenters. The molecular formula is C18H21FN2O4S2. The van der Waals surface area contributed by atoms with Crippen molar-refractivity contribution in [2.24, 2.45) is 0 Å². The monoisotopic (exact) mass is 412 g/mol.